The SMILES string of the molecule is O[C@H]1CCCN(CCCOCCCN2CCC[C@H](O)C2)C1. The number of rotatable bonds is 8. The second-order valence-electron chi connectivity index (χ2n) is 6.51. The zero-order valence-electron chi connectivity index (χ0n) is 13.3. The third-order valence-corrected chi connectivity index (χ3v) is 4.49. The van der Waals surface area contributed by atoms with Gasteiger partial charge in [0.15, 0.2) is 0 Å². The average molecular weight is 300 g/mol. The van der Waals surface area contributed by atoms with Crippen LogP contribution in [-0.4, -0.2) is 84.7 Å². The number of aliphatic hydroxyl groups excluding tert-OH is 2. The smallest absolute Gasteiger partial charge is 0.0667 e. The Morgan fingerprint density at radius 3 is 1.71 bits per heavy atom. The van der Waals surface area contributed by atoms with Crippen molar-refractivity contribution < 1.29 is 14.9 Å². The average Bonchev–Trinajstić information content (AvgIpc) is 2.46. The fraction of sp³-hybridized carbons (Fsp3) is 1.00. The predicted octanol–water partition coefficient (Wildman–Crippen LogP) is 0.697. The molecule has 0 spiro atoms. The summed E-state index contributed by atoms with van der Waals surface area (Å²) < 4.78 is 5.69. The third kappa shape index (κ3) is 7.06. The van der Waals surface area contributed by atoms with Gasteiger partial charge in [-0.3, -0.25) is 0 Å². The van der Waals surface area contributed by atoms with E-state index in [1.807, 2.05) is 0 Å². The van der Waals surface area contributed by atoms with E-state index in [0.29, 0.717) is 0 Å². The molecule has 124 valence electrons. The molecule has 0 saturated carbocycles. The van der Waals surface area contributed by atoms with Crippen molar-refractivity contribution in [1.82, 2.24) is 9.80 Å². The summed E-state index contributed by atoms with van der Waals surface area (Å²) in [7, 11) is 0. The number of β-amino-alcohol motifs (C(OH)–C–C–N with tert-alkyl or cyclic N) is 2. The first-order chi connectivity index (χ1) is 10.2. The van der Waals surface area contributed by atoms with Crippen molar-refractivity contribution >= 4 is 0 Å². The van der Waals surface area contributed by atoms with Crippen LogP contribution >= 0.6 is 0 Å². The first-order valence-corrected chi connectivity index (χ1v) is 8.62. The quantitative estimate of drug-likeness (QED) is 0.646. The molecule has 2 aliphatic rings. The van der Waals surface area contributed by atoms with Gasteiger partial charge in [0.25, 0.3) is 0 Å². The Bertz CT molecular complexity index is 252. The van der Waals surface area contributed by atoms with E-state index in [2.05, 4.69) is 9.80 Å². The zero-order valence-corrected chi connectivity index (χ0v) is 13.3. The van der Waals surface area contributed by atoms with Crippen LogP contribution < -0.4 is 0 Å². The van der Waals surface area contributed by atoms with Crippen molar-refractivity contribution in [3.8, 4) is 0 Å². The van der Waals surface area contributed by atoms with Crippen molar-refractivity contribution in [3.63, 3.8) is 0 Å². The molecule has 2 atom stereocenters. The molecule has 0 radical (unpaired) electrons. The highest BCUT2D eigenvalue weighted by Crippen LogP contribution is 2.11. The molecule has 5 heteroatoms. The topological polar surface area (TPSA) is 56.2 Å². The summed E-state index contributed by atoms with van der Waals surface area (Å²) >= 11 is 0. The Morgan fingerprint density at radius 2 is 1.29 bits per heavy atom. The first kappa shape index (κ1) is 17.2. The van der Waals surface area contributed by atoms with E-state index in [9.17, 15) is 10.2 Å². The summed E-state index contributed by atoms with van der Waals surface area (Å²) in [5.41, 5.74) is 0. The molecular weight excluding hydrogens is 268 g/mol. The van der Waals surface area contributed by atoms with Gasteiger partial charge in [-0.05, 0) is 51.6 Å². The van der Waals surface area contributed by atoms with E-state index in [-0.39, 0.29) is 12.2 Å². The zero-order chi connectivity index (χ0) is 14.9. The number of piperidine rings is 2. The van der Waals surface area contributed by atoms with Crippen LogP contribution in [-0.2, 0) is 4.74 Å². The van der Waals surface area contributed by atoms with Gasteiger partial charge in [-0.2, -0.15) is 0 Å². The van der Waals surface area contributed by atoms with Gasteiger partial charge >= 0.3 is 0 Å². The highest BCUT2D eigenvalue weighted by Gasteiger charge is 2.17. The largest absolute Gasteiger partial charge is 0.392 e. The van der Waals surface area contributed by atoms with Crippen LogP contribution in [0.25, 0.3) is 0 Å². The van der Waals surface area contributed by atoms with Crippen LogP contribution in [0.5, 0.6) is 0 Å². The van der Waals surface area contributed by atoms with Gasteiger partial charge in [0.1, 0.15) is 0 Å². The molecular formula is C16H32N2O3. The maximum atomic E-state index is 9.60. The minimum Gasteiger partial charge on any atom is -0.392 e. The number of likely N-dealkylation sites (tertiary alicyclic amines) is 2. The van der Waals surface area contributed by atoms with Gasteiger partial charge < -0.3 is 24.7 Å². The van der Waals surface area contributed by atoms with Gasteiger partial charge in [0.2, 0.25) is 0 Å². The minimum absolute atomic E-state index is 0.125. The molecule has 0 aromatic carbocycles. The van der Waals surface area contributed by atoms with E-state index >= 15 is 0 Å². The molecule has 5 nitrogen and oxygen atoms in total. The van der Waals surface area contributed by atoms with Crippen LogP contribution in [0.15, 0.2) is 0 Å². The number of ether oxygens (including phenoxy) is 1. The minimum atomic E-state index is -0.125. The molecule has 2 fully saturated rings. The summed E-state index contributed by atoms with van der Waals surface area (Å²) in [6.07, 6.45) is 5.99. The fourth-order valence-corrected chi connectivity index (χ4v) is 3.35. The number of nitrogens with zero attached hydrogens (tertiary/aromatic N) is 2. The van der Waals surface area contributed by atoms with E-state index in [0.717, 1.165) is 91.0 Å². The standard InChI is InChI=1S/C16H32N2O3/c19-15-5-1-7-17(13-15)9-3-11-21-12-4-10-18-8-2-6-16(20)14-18/h15-16,19-20H,1-14H2/t15-,16-/m0/s1. The number of hydrogen-bond acceptors (Lipinski definition) is 5. The Hall–Kier alpha value is -0.200. The van der Waals surface area contributed by atoms with E-state index in [1.54, 1.807) is 0 Å². The molecule has 0 aromatic rings. The van der Waals surface area contributed by atoms with Crippen molar-refractivity contribution in [2.24, 2.45) is 0 Å². The van der Waals surface area contributed by atoms with Crippen LogP contribution in [0, 0.1) is 0 Å². The molecule has 0 aromatic heterocycles. The van der Waals surface area contributed by atoms with E-state index in [4.69, 9.17) is 4.74 Å². The molecule has 2 heterocycles. The molecule has 21 heavy (non-hydrogen) atoms. The van der Waals surface area contributed by atoms with Gasteiger partial charge in [-0.25, -0.2) is 0 Å². The van der Waals surface area contributed by atoms with Gasteiger partial charge in [0, 0.05) is 39.4 Å². The number of aliphatic hydroxyl groups is 2. The van der Waals surface area contributed by atoms with Crippen molar-refractivity contribution in [2.45, 2.75) is 50.7 Å². The Morgan fingerprint density at radius 1 is 0.810 bits per heavy atom. The molecule has 2 N–H and O–H groups in total. The van der Waals surface area contributed by atoms with Crippen molar-refractivity contribution in [1.29, 1.82) is 0 Å². The van der Waals surface area contributed by atoms with Gasteiger partial charge in [-0.15, -0.1) is 0 Å². The lowest BCUT2D eigenvalue weighted by Crippen LogP contribution is -2.39. The third-order valence-electron chi connectivity index (χ3n) is 4.49. The van der Waals surface area contributed by atoms with E-state index < -0.39 is 0 Å². The van der Waals surface area contributed by atoms with Crippen LogP contribution in [0.3, 0.4) is 0 Å². The molecule has 2 aliphatic heterocycles. The van der Waals surface area contributed by atoms with Gasteiger partial charge in [-0.1, -0.05) is 0 Å². The maximum Gasteiger partial charge on any atom is 0.0667 e. The van der Waals surface area contributed by atoms with Gasteiger partial charge in [0.05, 0.1) is 12.2 Å². The second kappa shape index (κ2) is 9.74. The van der Waals surface area contributed by atoms with Crippen LogP contribution in [0.4, 0.5) is 0 Å². The number of hydrogen-bond donors (Lipinski definition) is 2. The molecule has 0 bridgehead atoms. The molecule has 0 aliphatic carbocycles. The second-order valence-corrected chi connectivity index (χ2v) is 6.51. The van der Waals surface area contributed by atoms with Crippen LogP contribution in [0.1, 0.15) is 38.5 Å². The maximum absolute atomic E-state index is 9.60. The first-order valence-electron chi connectivity index (χ1n) is 8.62. The molecule has 0 amide bonds. The van der Waals surface area contributed by atoms with Crippen LogP contribution in [0.2, 0.25) is 0 Å². The molecule has 0 unspecified atom stereocenters. The summed E-state index contributed by atoms with van der Waals surface area (Å²) in [6.45, 7) is 7.60. The monoisotopic (exact) mass is 300 g/mol. The Balaban J connectivity index is 1.40. The molecule has 2 saturated heterocycles. The highest BCUT2D eigenvalue weighted by atomic mass is 16.5. The summed E-state index contributed by atoms with van der Waals surface area (Å²) in [5.74, 6) is 0. The van der Waals surface area contributed by atoms with E-state index in [1.165, 1.54) is 0 Å². The van der Waals surface area contributed by atoms with Crippen molar-refractivity contribution in [3.05, 3.63) is 0 Å². The Kier molecular flexibility index (Phi) is 7.96. The lowest BCUT2D eigenvalue weighted by atomic mass is 10.1. The predicted molar refractivity (Wildman–Crippen MR) is 83.4 cm³/mol. The summed E-state index contributed by atoms with van der Waals surface area (Å²) in [4.78, 5) is 4.68. The normalized spacial score (nSPS) is 28.9. The fourth-order valence-electron chi connectivity index (χ4n) is 3.35. The summed E-state index contributed by atoms with van der Waals surface area (Å²) in [5, 5.41) is 19.2. The Labute approximate surface area is 128 Å². The highest BCUT2D eigenvalue weighted by molar-refractivity contribution is 4.72. The lowest BCUT2D eigenvalue weighted by Gasteiger charge is -2.30. The van der Waals surface area contributed by atoms with Crippen molar-refractivity contribution in [2.75, 3.05) is 52.5 Å². The lowest BCUT2D eigenvalue weighted by molar-refractivity contribution is 0.0527. The summed E-state index contributed by atoms with van der Waals surface area (Å²) in [6, 6.07) is 0. The molecule has 2 rings (SSSR count).